The average molecular weight is 313 g/mol. The van der Waals surface area contributed by atoms with Gasteiger partial charge >= 0.3 is 0 Å². The number of rotatable bonds is 6. The average Bonchev–Trinajstić information content (AvgIpc) is 2.95. The minimum Gasteiger partial charge on any atom is -0.463 e. The van der Waals surface area contributed by atoms with Crippen molar-refractivity contribution in [3.63, 3.8) is 0 Å². The zero-order chi connectivity index (χ0) is 16.9. The number of aliphatic hydroxyl groups is 1. The quantitative estimate of drug-likeness (QED) is 0.860. The van der Waals surface area contributed by atoms with E-state index in [1.54, 1.807) is 19.1 Å². The van der Waals surface area contributed by atoms with E-state index in [2.05, 4.69) is 5.32 Å². The van der Waals surface area contributed by atoms with Crippen LogP contribution in [0.5, 0.6) is 0 Å². The molecule has 0 radical (unpaired) electrons. The number of aryl methyl sites for hydroxylation is 2. The molecular formula is C19H23NO3. The van der Waals surface area contributed by atoms with Crippen molar-refractivity contribution in [3.05, 3.63) is 65.1 Å². The second-order valence-corrected chi connectivity index (χ2v) is 5.98. The van der Waals surface area contributed by atoms with Crippen molar-refractivity contribution < 1.29 is 14.3 Å². The zero-order valence-corrected chi connectivity index (χ0v) is 13.8. The lowest BCUT2D eigenvalue weighted by Gasteiger charge is -2.21. The molecule has 1 unspecified atom stereocenters. The van der Waals surface area contributed by atoms with Gasteiger partial charge in [-0.05, 0) is 38.5 Å². The van der Waals surface area contributed by atoms with Gasteiger partial charge in [0.25, 0.3) is 0 Å². The molecule has 0 aliphatic heterocycles. The Morgan fingerprint density at radius 3 is 2.52 bits per heavy atom. The molecule has 1 aromatic carbocycles. The van der Waals surface area contributed by atoms with Crippen LogP contribution in [0.4, 0.5) is 0 Å². The fraction of sp³-hybridized carbons (Fsp3) is 0.316. The second-order valence-electron chi connectivity index (χ2n) is 5.98. The molecule has 122 valence electrons. The number of benzene rings is 1. The molecule has 2 N–H and O–H groups in total. The largest absolute Gasteiger partial charge is 0.463 e. The van der Waals surface area contributed by atoms with Gasteiger partial charge in [0, 0.05) is 6.42 Å². The van der Waals surface area contributed by atoms with Crippen molar-refractivity contribution in [2.24, 2.45) is 0 Å². The van der Waals surface area contributed by atoms with E-state index < -0.39 is 5.60 Å². The van der Waals surface area contributed by atoms with Crippen LogP contribution in [0.2, 0.25) is 0 Å². The van der Waals surface area contributed by atoms with Crippen LogP contribution < -0.4 is 5.32 Å². The van der Waals surface area contributed by atoms with Crippen molar-refractivity contribution in [2.45, 2.75) is 32.8 Å². The highest BCUT2D eigenvalue weighted by molar-refractivity contribution is 5.78. The van der Waals surface area contributed by atoms with Crippen molar-refractivity contribution in [1.29, 1.82) is 0 Å². The maximum Gasteiger partial charge on any atom is 0.223 e. The first-order chi connectivity index (χ1) is 10.9. The predicted molar refractivity (Wildman–Crippen MR) is 90.9 cm³/mol. The molecule has 1 atom stereocenters. The van der Waals surface area contributed by atoms with Crippen molar-refractivity contribution in [3.8, 4) is 0 Å². The van der Waals surface area contributed by atoms with E-state index >= 15 is 0 Å². The third-order valence-corrected chi connectivity index (χ3v) is 3.59. The third kappa shape index (κ3) is 5.11. The van der Waals surface area contributed by atoms with Crippen LogP contribution in [0.15, 0.2) is 46.9 Å². The summed E-state index contributed by atoms with van der Waals surface area (Å²) in [6.45, 7) is 5.58. The van der Waals surface area contributed by atoms with E-state index in [1.807, 2.05) is 50.3 Å². The number of hydrogen-bond donors (Lipinski definition) is 2. The van der Waals surface area contributed by atoms with Crippen LogP contribution in [0, 0.1) is 13.8 Å². The SMILES string of the molecule is Cc1ccc(C=CCC(=O)NCC(C)(O)c2ccc(C)o2)cc1. The first-order valence-electron chi connectivity index (χ1n) is 7.66. The molecule has 1 heterocycles. The molecule has 0 aliphatic rings. The number of amides is 1. The highest BCUT2D eigenvalue weighted by Gasteiger charge is 2.27. The Morgan fingerprint density at radius 1 is 1.22 bits per heavy atom. The Bertz CT molecular complexity index is 681. The van der Waals surface area contributed by atoms with E-state index in [0.29, 0.717) is 5.76 Å². The zero-order valence-electron chi connectivity index (χ0n) is 13.8. The summed E-state index contributed by atoms with van der Waals surface area (Å²) in [7, 11) is 0. The molecule has 1 amide bonds. The van der Waals surface area contributed by atoms with Gasteiger partial charge in [-0.15, -0.1) is 0 Å². The van der Waals surface area contributed by atoms with Gasteiger partial charge in [0.15, 0.2) is 0 Å². The molecule has 1 aromatic heterocycles. The van der Waals surface area contributed by atoms with E-state index in [4.69, 9.17) is 4.42 Å². The summed E-state index contributed by atoms with van der Waals surface area (Å²) < 4.78 is 5.41. The number of carbonyl (C=O) groups excluding carboxylic acids is 1. The van der Waals surface area contributed by atoms with Gasteiger partial charge in [0.2, 0.25) is 5.91 Å². The molecular weight excluding hydrogens is 290 g/mol. The van der Waals surface area contributed by atoms with Crippen LogP contribution >= 0.6 is 0 Å². The topological polar surface area (TPSA) is 62.5 Å². The highest BCUT2D eigenvalue weighted by atomic mass is 16.4. The van der Waals surface area contributed by atoms with Crippen LogP contribution in [-0.4, -0.2) is 17.6 Å². The van der Waals surface area contributed by atoms with Gasteiger partial charge in [0.05, 0.1) is 6.54 Å². The summed E-state index contributed by atoms with van der Waals surface area (Å²) in [4.78, 5) is 11.9. The monoisotopic (exact) mass is 313 g/mol. The van der Waals surface area contributed by atoms with Crippen LogP contribution in [-0.2, 0) is 10.4 Å². The summed E-state index contributed by atoms with van der Waals surface area (Å²) in [5.41, 5.74) is 1.04. The molecule has 2 rings (SSSR count). The molecule has 4 heteroatoms. The minimum absolute atomic E-state index is 0.108. The molecule has 0 fully saturated rings. The van der Waals surface area contributed by atoms with Crippen molar-refractivity contribution >= 4 is 12.0 Å². The standard InChI is InChI=1S/C19H23NO3/c1-14-7-10-16(11-8-14)5-4-6-18(21)20-13-19(3,22)17-12-9-15(2)23-17/h4-5,7-12,22H,6,13H2,1-3H3,(H,20,21). The summed E-state index contributed by atoms with van der Waals surface area (Å²) in [5.74, 6) is 1.04. The summed E-state index contributed by atoms with van der Waals surface area (Å²) >= 11 is 0. The molecule has 0 saturated heterocycles. The van der Waals surface area contributed by atoms with Crippen molar-refractivity contribution in [2.75, 3.05) is 6.54 Å². The molecule has 4 nitrogen and oxygen atoms in total. The van der Waals surface area contributed by atoms with Crippen molar-refractivity contribution in [1.82, 2.24) is 5.32 Å². The predicted octanol–water partition coefficient (Wildman–Crippen LogP) is 3.32. The lowest BCUT2D eigenvalue weighted by Crippen LogP contribution is -2.38. The fourth-order valence-electron chi connectivity index (χ4n) is 2.13. The lowest BCUT2D eigenvalue weighted by atomic mass is 10.0. The maximum absolute atomic E-state index is 11.9. The Labute approximate surface area is 136 Å². The number of nitrogens with one attached hydrogen (secondary N) is 1. The first-order valence-corrected chi connectivity index (χ1v) is 7.66. The Balaban J connectivity index is 1.81. The molecule has 23 heavy (non-hydrogen) atoms. The van der Waals surface area contributed by atoms with Gasteiger partial charge in [-0.2, -0.15) is 0 Å². The van der Waals surface area contributed by atoms with E-state index in [-0.39, 0.29) is 18.9 Å². The lowest BCUT2D eigenvalue weighted by molar-refractivity contribution is -0.121. The highest BCUT2D eigenvalue weighted by Crippen LogP contribution is 2.21. The van der Waals surface area contributed by atoms with E-state index in [0.717, 1.165) is 11.3 Å². The van der Waals surface area contributed by atoms with Crippen LogP contribution in [0.25, 0.3) is 6.08 Å². The molecule has 0 bridgehead atoms. The summed E-state index contributed by atoms with van der Waals surface area (Å²) in [6.07, 6.45) is 3.99. The second kappa shape index (κ2) is 7.29. The van der Waals surface area contributed by atoms with E-state index in [9.17, 15) is 9.90 Å². The van der Waals surface area contributed by atoms with Gasteiger partial charge in [-0.1, -0.05) is 42.0 Å². The number of furan rings is 1. The normalized spacial score (nSPS) is 13.9. The minimum atomic E-state index is -1.22. The van der Waals surface area contributed by atoms with Gasteiger partial charge in [-0.3, -0.25) is 4.79 Å². The Morgan fingerprint density at radius 2 is 1.91 bits per heavy atom. The maximum atomic E-state index is 11.9. The van der Waals surface area contributed by atoms with Crippen LogP contribution in [0.3, 0.4) is 0 Å². The Kier molecular flexibility index (Phi) is 5.40. The molecule has 0 spiro atoms. The van der Waals surface area contributed by atoms with Crippen LogP contribution in [0.1, 0.15) is 36.0 Å². The smallest absolute Gasteiger partial charge is 0.223 e. The molecule has 0 saturated carbocycles. The van der Waals surface area contributed by atoms with Gasteiger partial charge in [-0.25, -0.2) is 0 Å². The Hall–Kier alpha value is -2.33. The van der Waals surface area contributed by atoms with Gasteiger partial charge in [0.1, 0.15) is 17.1 Å². The molecule has 2 aromatic rings. The number of carbonyl (C=O) groups is 1. The fourth-order valence-corrected chi connectivity index (χ4v) is 2.13. The summed E-state index contributed by atoms with van der Waals surface area (Å²) in [6, 6.07) is 11.6. The summed E-state index contributed by atoms with van der Waals surface area (Å²) in [5, 5.41) is 13.1. The molecule has 0 aliphatic carbocycles. The third-order valence-electron chi connectivity index (χ3n) is 3.59. The van der Waals surface area contributed by atoms with E-state index in [1.165, 1.54) is 5.56 Å². The number of hydrogen-bond acceptors (Lipinski definition) is 3. The first kappa shape index (κ1) is 17.0. The van der Waals surface area contributed by atoms with Gasteiger partial charge < -0.3 is 14.8 Å².